The van der Waals surface area contributed by atoms with E-state index in [0.717, 1.165) is 50.8 Å². The van der Waals surface area contributed by atoms with E-state index >= 15 is 0 Å². The fourth-order valence-electron chi connectivity index (χ4n) is 4.10. The van der Waals surface area contributed by atoms with E-state index < -0.39 is 0 Å². The third-order valence-corrected chi connectivity index (χ3v) is 5.82. The Morgan fingerprint density at radius 3 is 2.33 bits per heavy atom. The van der Waals surface area contributed by atoms with Gasteiger partial charge in [-0.1, -0.05) is 54.6 Å². The number of rotatable bonds is 7. The maximum atomic E-state index is 5.54. The number of fused-ring (bicyclic) bond motifs is 1. The number of benzene rings is 3. The molecule has 1 fully saturated rings. The van der Waals surface area contributed by atoms with Gasteiger partial charge < -0.3 is 9.47 Å². The first kappa shape index (κ1) is 20.5. The number of hydrogen-bond acceptors (Lipinski definition) is 4. The number of hydrogen-bond donors (Lipinski definition) is 0. The van der Waals surface area contributed by atoms with Crippen LogP contribution in [0, 0.1) is 0 Å². The molecular weight excluding hydrogens is 372 g/mol. The second-order valence-electron chi connectivity index (χ2n) is 7.73. The Morgan fingerprint density at radius 1 is 0.800 bits per heavy atom. The first-order chi connectivity index (χ1) is 14.8. The van der Waals surface area contributed by atoms with Crippen LogP contribution in [0.2, 0.25) is 0 Å². The maximum absolute atomic E-state index is 5.54. The Morgan fingerprint density at radius 2 is 1.57 bits per heavy atom. The summed E-state index contributed by atoms with van der Waals surface area (Å²) in [7, 11) is 3.44. The van der Waals surface area contributed by atoms with Gasteiger partial charge in [0.05, 0.1) is 14.2 Å². The van der Waals surface area contributed by atoms with Gasteiger partial charge in [-0.3, -0.25) is 9.80 Å². The van der Waals surface area contributed by atoms with Crippen LogP contribution in [0.5, 0.6) is 11.5 Å². The third-order valence-electron chi connectivity index (χ3n) is 5.82. The normalized spacial score (nSPS) is 15.7. The van der Waals surface area contributed by atoms with Crippen LogP contribution in [-0.2, 0) is 6.54 Å². The molecule has 0 atom stereocenters. The highest BCUT2D eigenvalue weighted by molar-refractivity contribution is 5.91. The Bertz CT molecular complexity index is 1010. The molecule has 0 unspecified atom stereocenters. The Balaban J connectivity index is 1.32. The van der Waals surface area contributed by atoms with Crippen molar-refractivity contribution in [2.24, 2.45) is 0 Å². The van der Waals surface area contributed by atoms with Crippen molar-refractivity contribution in [2.75, 3.05) is 46.9 Å². The van der Waals surface area contributed by atoms with Crippen molar-refractivity contribution < 1.29 is 9.47 Å². The fourth-order valence-corrected chi connectivity index (χ4v) is 4.10. The summed E-state index contributed by atoms with van der Waals surface area (Å²) in [5.41, 5.74) is 2.55. The molecule has 0 bridgehead atoms. The van der Waals surface area contributed by atoms with Crippen LogP contribution in [-0.4, -0.2) is 56.7 Å². The first-order valence-corrected chi connectivity index (χ1v) is 10.6. The SMILES string of the molecule is COc1cccc(/C=C/CN2CCN(Cc3ccc(OC)c4ccccc34)CC2)c1. The Kier molecular flexibility index (Phi) is 6.67. The predicted octanol–water partition coefficient (Wildman–Crippen LogP) is 4.69. The van der Waals surface area contributed by atoms with Gasteiger partial charge in [0.15, 0.2) is 0 Å². The number of methoxy groups -OCH3 is 2. The second-order valence-corrected chi connectivity index (χ2v) is 7.73. The summed E-state index contributed by atoms with van der Waals surface area (Å²) in [5.74, 6) is 1.85. The standard InChI is InChI=1S/C26H30N2O2/c1-29-23-9-5-7-21(19-23)8-6-14-27-15-17-28(18-16-27)20-22-12-13-26(30-2)25-11-4-3-10-24(22)25/h3-13,19H,14-18,20H2,1-2H3/b8-6+. The quantitative estimate of drug-likeness (QED) is 0.573. The predicted molar refractivity (Wildman–Crippen MR) is 124 cm³/mol. The molecule has 4 heteroatoms. The van der Waals surface area contributed by atoms with Crippen molar-refractivity contribution in [2.45, 2.75) is 6.54 Å². The van der Waals surface area contributed by atoms with E-state index in [-0.39, 0.29) is 0 Å². The molecular formula is C26H30N2O2. The van der Waals surface area contributed by atoms with Crippen molar-refractivity contribution >= 4 is 16.8 Å². The van der Waals surface area contributed by atoms with Gasteiger partial charge >= 0.3 is 0 Å². The molecule has 3 aromatic rings. The molecule has 0 radical (unpaired) electrons. The van der Waals surface area contributed by atoms with Crippen molar-refractivity contribution in [3.63, 3.8) is 0 Å². The van der Waals surface area contributed by atoms with Gasteiger partial charge in [-0.05, 0) is 34.7 Å². The third kappa shape index (κ3) is 4.84. The van der Waals surface area contributed by atoms with Crippen molar-refractivity contribution in [3.05, 3.63) is 77.9 Å². The molecule has 4 nitrogen and oxygen atoms in total. The van der Waals surface area contributed by atoms with Gasteiger partial charge in [0.2, 0.25) is 0 Å². The van der Waals surface area contributed by atoms with Gasteiger partial charge in [-0.2, -0.15) is 0 Å². The van der Waals surface area contributed by atoms with Crippen LogP contribution < -0.4 is 9.47 Å². The zero-order valence-corrected chi connectivity index (χ0v) is 17.9. The number of nitrogens with zero attached hydrogens (tertiary/aromatic N) is 2. The summed E-state index contributed by atoms with van der Waals surface area (Å²) < 4.78 is 10.8. The van der Waals surface area contributed by atoms with E-state index in [1.165, 1.54) is 21.9 Å². The molecule has 1 heterocycles. The molecule has 0 aromatic heterocycles. The van der Waals surface area contributed by atoms with E-state index in [0.29, 0.717) is 0 Å². The molecule has 156 valence electrons. The molecule has 0 aliphatic carbocycles. The lowest BCUT2D eigenvalue weighted by Gasteiger charge is -2.34. The topological polar surface area (TPSA) is 24.9 Å². The van der Waals surface area contributed by atoms with Gasteiger partial charge in [0.25, 0.3) is 0 Å². The first-order valence-electron chi connectivity index (χ1n) is 10.6. The fraction of sp³-hybridized carbons (Fsp3) is 0.308. The summed E-state index contributed by atoms with van der Waals surface area (Å²) in [6.07, 6.45) is 4.43. The highest BCUT2D eigenvalue weighted by Gasteiger charge is 2.17. The van der Waals surface area contributed by atoms with Crippen LogP contribution in [0.15, 0.2) is 66.7 Å². The van der Waals surface area contributed by atoms with Gasteiger partial charge in [-0.25, -0.2) is 0 Å². The van der Waals surface area contributed by atoms with E-state index in [1.807, 2.05) is 12.1 Å². The molecule has 3 aromatic carbocycles. The maximum Gasteiger partial charge on any atom is 0.126 e. The molecule has 30 heavy (non-hydrogen) atoms. The summed E-state index contributed by atoms with van der Waals surface area (Å²) in [5, 5.41) is 2.49. The Labute approximate surface area is 179 Å². The van der Waals surface area contributed by atoms with Gasteiger partial charge in [-0.15, -0.1) is 0 Å². The van der Waals surface area contributed by atoms with E-state index in [2.05, 4.69) is 70.5 Å². The molecule has 0 spiro atoms. The van der Waals surface area contributed by atoms with E-state index in [4.69, 9.17) is 9.47 Å². The monoisotopic (exact) mass is 402 g/mol. The highest BCUT2D eigenvalue weighted by Crippen LogP contribution is 2.29. The average molecular weight is 403 g/mol. The smallest absolute Gasteiger partial charge is 0.126 e. The lowest BCUT2D eigenvalue weighted by Crippen LogP contribution is -2.45. The molecule has 1 aliphatic heterocycles. The van der Waals surface area contributed by atoms with Crippen LogP contribution in [0.3, 0.4) is 0 Å². The lowest BCUT2D eigenvalue weighted by molar-refractivity contribution is 0.137. The minimum Gasteiger partial charge on any atom is -0.497 e. The second kappa shape index (κ2) is 9.79. The minimum absolute atomic E-state index is 0.900. The summed E-state index contributed by atoms with van der Waals surface area (Å²) in [6.45, 7) is 6.34. The molecule has 0 saturated carbocycles. The Hall–Kier alpha value is -2.82. The summed E-state index contributed by atoms with van der Waals surface area (Å²) in [4.78, 5) is 5.07. The van der Waals surface area contributed by atoms with Crippen molar-refractivity contribution in [1.82, 2.24) is 9.80 Å². The number of ether oxygens (including phenoxy) is 2. The van der Waals surface area contributed by atoms with Crippen LogP contribution in [0.1, 0.15) is 11.1 Å². The highest BCUT2D eigenvalue weighted by atomic mass is 16.5. The largest absolute Gasteiger partial charge is 0.497 e. The van der Waals surface area contributed by atoms with Crippen molar-refractivity contribution in [3.8, 4) is 11.5 Å². The van der Waals surface area contributed by atoms with E-state index in [1.54, 1.807) is 14.2 Å². The average Bonchev–Trinajstić information content (AvgIpc) is 2.80. The minimum atomic E-state index is 0.900. The zero-order chi connectivity index (χ0) is 20.8. The molecule has 0 amide bonds. The van der Waals surface area contributed by atoms with Crippen LogP contribution in [0.25, 0.3) is 16.8 Å². The van der Waals surface area contributed by atoms with E-state index in [9.17, 15) is 0 Å². The molecule has 1 aliphatic rings. The lowest BCUT2D eigenvalue weighted by atomic mass is 10.0. The van der Waals surface area contributed by atoms with Crippen molar-refractivity contribution in [1.29, 1.82) is 0 Å². The summed E-state index contributed by atoms with van der Waals surface area (Å²) in [6, 6.07) is 21.0. The van der Waals surface area contributed by atoms with Gasteiger partial charge in [0.1, 0.15) is 11.5 Å². The zero-order valence-electron chi connectivity index (χ0n) is 17.9. The molecule has 1 saturated heterocycles. The van der Waals surface area contributed by atoms with Crippen LogP contribution in [0.4, 0.5) is 0 Å². The van der Waals surface area contributed by atoms with Crippen LogP contribution >= 0.6 is 0 Å². The van der Waals surface area contributed by atoms with Gasteiger partial charge in [0, 0.05) is 44.7 Å². The molecule has 0 N–H and O–H groups in total. The summed E-state index contributed by atoms with van der Waals surface area (Å²) >= 11 is 0. The number of piperazine rings is 1. The molecule has 4 rings (SSSR count).